The summed E-state index contributed by atoms with van der Waals surface area (Å²) in [7, 11) is 0. The number of nitrogens with zero attached hydrogens (tertiary/aromatic N) is 1. The van der Waals surface area contributed by atoms with Gasteiger partial charge >= 0.3 is 0 Å². The minimum Gasteiger partial charge on any atom is -0.333 e. The van der Waals surface area contributed by atoms with Crippen molar-refractivity contribution in [1.82, 2.24) is 4.90 Å². The Morgan fingerprint density at radius 2 is 1.65 bits per heavy atom. The molecular weight excluding hydrogens is 324 g/mol. The number of nitrogens with one attached hydrogen (secondary N) is 1. The number of hydrogen-bond acceptors (Lipinski definition) is 2. The van der Waals surface area contributed by atoms with Crippen LogP contribution in [0.5, 0.6) is 0 Å². The number of carbonyl (C=O) groups is 2. The molecule has 0 saturated heterocycles. The molecule has 0 bridgehead atoms. The molecule has 3 fully saturated rings. The van der Waals surface area contributed by atoms with E-state index in [4.69, 9.17) is 0 Å². The van der Waals surface area contributed by atoms with Crippen LogP contribution in [0.3, 0.4) is 0 Å². The standard InChI is InChI=1S/C22H30N2O2/c1-2-15-6-10-19(11-7-15)24(20-12-13-20)22(26)17-4-3-5-18(14-17)23-21(25)16-8-9-16/h3-5,14-16,19-20H,2,6-13H2,1H3,(H,23,25). The lowest BCUT2D eigenvalue weighted by atomic mass is 9.83. The first-order valence-corrected chi connectivity index (χ1v) is 10.4. The van der Waals surface area contributed by atoms with Crippen LogP contribution in [0.1, 0.15) is 75.1 Å². The average molecular weight is 354 g/mol. The van der Waals surface area contributed by atoms with Crippen LogP contribution in [0, 0.1) is 11.8 Å². The van der Waals surface area contributed by atoms with Gasteiger partial charge in [-0.05, 0) is 75.5 Å². The minimum absolute atomic E-state index is 0.0894. The first kappa shape index (κ1) is 17.6. The summed E-state index contributed by atoms with van der Waals surface area (Å²) in [5, 5.41) is 2.97. The van der Waals surface area contributed by atoms with Crippen LogP contribution in [0.4, 0.5) is 5.69 Å². The molecule has 2 amide bonds. The molecule has 0 unspecified atom stereocenters. The van der Waals surface area contributed by atoms with Gasteiger partial charge in [0.1, 0.15) is 0 Å². The fourth-order valence-corrected chi connectivity index (χ4v) is 4.28. The molecule has 0 aromatic heterocycles. The number of amides is 2. The van der Waals surface area contributed by atoms with E-state index in [1.54, 1.807) is 0 Å². The number of benzene rings is 1. The lowest BCUT2D eigenvalue weighted by Crippen LogP contribution is -2.43. The van der Waals surface area contributed by atoms with Crippen LogP contribution in [0.2, 0.25) is 0 Å². The van der Waals surface area contributed by atoms with Crippen molar-refractivity contribution < 1.29 is 9.59 Å². The Morgan fingerprint density at radius 1 is 1.00 bits per heavy atom. The zero-order valence-corrected chi connectivity index (χ0v) is 15.7. The van der Waals surface area contributed by atoms with E-state index in [1.165, 1.54) is 19.3 Å². The second-order valence-corrected chi connectivity index (χ2v) is 8.37. The molecule has 0 atom stereocenters. The van der Waals surface area contributed by atoms with E-state index in [2.05, 4.69) is 17.1 Å². The van der Waals surface area contributed by atoms with Gasteiger partial charge in [0.25, 0.3) is 5.91 Å². The zero-order chi connectivity index (χ0) is 18.1. The van der Waals surface area contributed by atoms with Crippen LogP contribution < -0.4 is 5.32 Å². The molecule has 4 heteroatoms. The average Bonchev–Trinajstić information content (AvgIpc) is 3.56. The highest BCUT2D eigenvalue weighted by Crippen LogP contribution is 2.37. The highest BCUT2D eigenvalue weighted by atomic mass is 16.2. The van der Waals surface area contributed by atoms with E-state index in [0.29, 0.717) is 17.6 Å². The van der Waals surface area contributed by atoms with Crippen LogP contribution in [-0.2, 0) is 4.79 Å². The van der Waals surface area contributed by atoms with Crippen molar-refractivity contribution in [2.75, 3.05) is 5.32 Å². The second-order valence-electron chi connectivity index (χ2n) is 8.37. The van der Waals surface area contributed by atoms with E-state index in [1.807, 2.05) is 24.3 Å². The lowest BCUT2D eigenvalue weighted by molar-refractivity contribution is -0.117. The molecule has 3 saturated carbocycles. The summed E-state index contributed by atoms with van der Waals surface area (Å²) in [4.78, 5) is 27.5. The van der Waals surface area contributed by atoms with Crippen LogP contribution >= 0.6 is 0 Å². The van der Waals surface area contributed by atoms with Gasteiger partial charge in [-0.25, -0.2) is 0 Å². The van der Waals surface area contributed by atoms with E-state index >= 15 is 0 Å². The highest BCUT2D eigenvalue weighted by Gasteiger charge is 2.39. The normalized spacial score (nSPS) is 25.6. The minimum atomic E-state index is 0.0894. The van der Waals surface area contributed by atoms with Crippen molar-refractivity contribution in [3.8, 4) is 0 Å². The third-order valence-corrected chi connectivity index (χ3v) is 6.29. The molecule has 140 valence electrons. The van der Waals surface area contributed by atoms with Crippen LogP contribution in [0.15, 0.2) is 24.3 Å². The molecule has 0 heterocycles. The van der Waals surface area contributed by atoms with Crippen molar-refractivity contribution in [2.45, 2.75) is 76.8 Å². The predicted octanol–water partition coefficient (Wildman–Crippen LogP) is 4.61. The quantitative estimate of drug-likeness (QED) is 0.811. The molecule has 3 aliphatic carbocycles. The van der Waals surface area contributed by atoms with Crippen LogP contribution in [0.25, 0.3) is 0 Å². The maximum Gasteiger partial charge on any atom is 0.254 e. The summed E-state index contributed by atoms with van der Waals surface area (Å²) in [6.07, 6.45) is 10.3. The molecule has 4 rings (SSSR count). The van der Waals surface area contributed by atoms with Crippen molar-refractivity contribution in [3.05, 3.63) is 29.8 Å². The smallest absolute Gasteiger partial charge is 0.254 e. The summed E-state index contributed by atoms with van der Waals surface area (Å²) in [5.74, 6) is 1.25. The van der Waals surface area contributed by atoms with Crippen molar-refractivity contribution in [3.63, 3.8) is 0 Å². The summed E-state index contributed by atoms with van der Waals surface area (Å²) >= 11 is 0. The molecule has 1 aromatic carbocycles. The fraction of sp³-hybridized carbons (Fsp3) is 0.636. The van der Waals surface area contributed by atoms with Crippen molar-refractivity contribution >= 4 is 17.5 Å². The largest absolute Gasteiger partial charge is 0.333 e. The SMILES string of the molecule is CCC1CCC(N(C(=O)c2cccc(NC(=O)C3CC3)c2)C2CC2)CC1. The number of anilines is 1. The van der Waals surface area contributed by atoms with Gasteiger partial charge in [-0.15, -0.1) is 0 Å². The summed E-state index contributed by atoms with van der Waals surface area (Å²) < 4.78 is 0. The third kappa shape index (κ3) is 3.94. The number of carbonyl (C=O) groups excluding carboxylic acids is 2. The van der Waals surface area contributed by atoms with Gasteiger partial charge in [-0.1, -0.05) is 19.4 Å². The molecule has 1 aromatic rings. The predicted molar refractivity (Wildman–Crippen MR) is 103 cm³/mol. The van der Waals surface area contributed by atoms with Gasteiger partial charge in [-0.2, -0.15) is 0 Å². The molecule has 0 aliphatic heterocycles. The molecule has 4 nitrogen and oxygen atoms in total. The Hall–Kier alpha value is -1.84. The zero-order valence-electron chi connectivity index (χ0n) is 15.7. The Morgan fingerprint density at radius 3 is 2.23 bits per heavy atom. The monoisotopic (exact) mass is 354 g/mol. The van der Waals surface area contributed by atoms with Gasteiger partial charge < -0.3 is 10.2 Å². The van der Waals surface area contributed by atoms with Gasteiger partial charge in [0.05, 0.1) is 0 Å². The maximum absolute atomic E-state index is 13.3. The van der Waals surface area contributed by atoms with Crippen molar-refractivity contribution in [1.29, 1.82) is 0 Å². The molecule has 26 heavy (non-hydrogen) atoms. The summed E-state index contributed by atoms with van der Waals surface area (Å²) in [5.41, 5.74) is 1.46. The molecule has 3 aliphatic rings. The van der Waals surface area contributed by atoms with Gasteiger partial charge in [-0.3, -0.25) is 9.59 Å². The van der Waals surface area contributed by atoms with E-state index in [9.17, 15) is 9.59 Å². The van der Waals surface area contributed by atoms with E-state index in [0.717, 1.165) is 50.1 Å². The first-order chi connectivity index (χ1) is 12.7. The van der Waals surface area contributed by atoms with Crippen molar-refractivity contribution in [2.24, 2.45) is 11.8 Å². The molecular formula is C22H30N2O2. The van der Waals surface area contributed by atoms with Gasteiger partial charge in [0, 0.05) is 29.3 Å². The Bertz CT molecular complexity index is 670. The Kier molecular flexibility index (Phi) is 5.01. The topological polar surface area (TPSA) is 49.4 Å². The molecule has 0 radical (unpaired) electrons. The highest BCUT2D eigenvalue weighted by molar-refractivity contribution is 5.98. The Labute approximate surface area is 156 Å². The van der Waals surface area contributed by atoms with Gasteiger partial charge in [0.15, 0.2) is 0 Å². The molecule has 0 spiro atoms. The number of hydrogen-bond donors (Lipinski definition) is 1. The van der Waals surface area contributed by atoms with E-state index < -0.39 is 0 Å². The van der Waals surface area contributed by atoms with Gasteiger partial charge in [0.2, 0.25) is 5.91 Å². The molecule has 1 N–H and O–H groups in total. The maximum atomic E-state index is 13.3. The third-order valence-electron chi connectivity index (χ3n) is 6.29. The summed E-state index contributed by atoms with van der Waals surface area (Å²) in [6.45, 7) is 2.27. The van der Waals surface area contributed by atoms with Crippen LogP contribution in [-0.4, -0.2) is 28.8 Å². The summed E-state index contributed by atoms with van der Waals surface area (Å²) in [6, 6.07) is 8.33. The fourth-order valence-electron chi connectivity index (χ4n) is 4.28. The first-order valence-electron chi connectivity index (χ1n) is 10.4. The lowest BCUT2D eigenvalue weighted by Gasteiger charge is -2.37. The number of rotatable bonds is 6. The Balaban J connectivity index is 1.46. The second kappa shape index (κ2) is 7.42. The van der Waals surface area contributed by atoms with E-state index in [-0.39, 0.29) is 17.7 Å².